The summed E-state index contributed by atoms with van der Waals surface area (Å²) in [7, 11) is 0. The van der Waals surface area contributed by atoms with E-state index in [0.717, 1.165) is 5.56 Å². The minimum Gasteiger partial charge on any atom is -0.356 e. The van der Waals surface area contributed by atoms with Crippen molar-refractivity contribution in [2.45, 2.75) is 6.92 Å². The highest BCUT2D eigenvalue weighted by Crippen LogP contribution is 2.23. The third kappa shape index (κ3) is 2.81. The Morgan fingerprint density at radius 3 is 2.65 bits per heavy atom. The fourth-order valence-electron chi connectivity index (χ4n) is 1.41. The molecule has 0 saturated heterocycles. The molecule has 2 rings (SSSR count). The normalized spacial score (nSPS) is 10.3. The van der Waals surface area contributed by atoms with Crippen molar-refractivity contribution in [1.82, 2.24) is 4.98 Å². The number of hydrogen-bond acceptors (Lipinski definition) is 1. The van der Waals surface area contributed by atoms with E-state index in [1.807, 2.05) is 13.0 Å². The number of carbonyl (C=O) groups excluding carboxylic acids is 1. The Morgan fingerprint density at radius 2 is 2.06 bits per heavy atom. The van der Waals surface area contributed by atoms with Gasteiger partial charge in [-0.1, -0.05) is 29.3 Å². The Bertz CT molecular complexity index is 563. The zero-order valence-electron chi connectivity index (χ0n) is 9.05. The van der Waals surface area contributed by atoms with E-state index in [9.17, 15) is 4.79 Å². The lowest BCUT2D eigenvalue weighted by atomic mass is 10.2. The van der Waals surface area contributed by atoms with Gasteiger partial charge in [0, 0.05) is 6.20 Å². The van der Waals surface area contributed by atoms with E-state index >= 15 is 0 Å². The molecule has 0 aliphatic heterocycles. The third-order valence-corrected chi connectivity index (χ3v) is 2.80. The minimum absolute atomic E-state index is 0.275. The predicted octanol–water partition coefficient (Wildman–Crippen LogP) is 3.88. The summed E-state index contributed by atoms with van der Waals surface area (Å²) in [5.74, 6) is -0.275. The second-order valence-corrected chi connectivity index (χ2v) is 4.51. The Kier molecular flexibility index (Phi) is 3.41. The number of hydrogen-bond donors (Lipinski definition) is 2. The van der Waals surface area contributed by atoms with Gasteiger partial charge in [0.05, 0.1) is 15.7 Å². The summed E-state index contributed by atoms with van der Waals surface area (Å²) in [6.07, 6.45) is 1.55. The molecule has 0 spiro atoms. The molecule has 1 heterocycles. The van der Waals surface area contributed by atoms with Crippen LogP contribution >= 0.6 is 23.2 Å². The second-order valence-electron chi connectivity index (χ2n) is 3.67. The number of carbonyl (C=O) groups is 1. The lowest BCUT2D eigenvalue weighted by Crippen LogP contribution is -2.12. The molecule has 2 aromatic rings. The molecule has 0 atom stereocenters. The average Bonchev–Trinajstić information content (AvgIpc) is 2.69. The van der Waals surface area contributed by atoms with Crippen LogP contribution in [0.1, 0.15) is 16.1 Å². The summed E-state index contributed by atoms with van der Waals surface area (Å²) in [6.45, 7) is 1.93. The highest BCUT2D eigenvalue weighted by molar-refractivity contribution is 6.34. The van der Waals surface area contributed by atoms with E-state index in [1.165, 1.54) is 0 Å². The molecule has 1 amide bonds. The summed E-state index contributed by atoms with van der Waals surface area (Å²) < 4.78 is 0. The number of H-pyrrole nitrogens is 1. The molecule has 0 fully saturated rings. The Morgan fingerprint density at radius 1 is 1.29 bits per heavy atom. The first-order valence-electron chi connectivity index (χ1n) is 4.97. The van der Waals surface area contributed by atoms with Gasteiger partial charge in [-0.05, 0) is 30.7 Å². The van der Waals surface area contributed by atoms with Gasteiger partial charge in [0.2, 0.25) is 0 Å². The van der Waals surface area contributed by atoms with Crippen molar-refractivity contribution in [1.29, 1.82) is 0 Å². The van der Waals surface area contributed by atoms with Crippen molar-refractivity contribution in [2.75, 3.05) is 5.32 Å². The van der Waals surface area contributed by atoms with Crippen molar-refractivity contribution < 1.29 is 4.79 Å². The lowest BCUT2D eigenvalue weighted by molar-refractivity contribution is 0.102. The zero-order valence-corrected chi connectivity index (χ0v) is 10.6. The molecule has 0 aliphatic rings. The quantitative estimate of drug-likeness (QED) is 0.853. The van der Waals surface area contributed by atoms with Crippen LogP contribution in [-0.4, -0.2) is 10.9 Å². The van der Waals surface area contributed by atoms with Crippen LogP contribution in [0.4, 0.5) is 5.69 Å². The molecule has 0 bridgehead atoms. The fraction of sp³-hybridized carbons (Fsp3) is 0.0833. The highest BCUT2D eigenvalue weighted by atomic mass is 35.5. The SMILES string of the molecule is Cc1ccc(NC(=O)c2cc(Cl)c[nH]2)c(Cl)c1. The minimum atomic E-state index is -0.275. The van der Waals surface area contributed by atoms with E-state index < -0.39 is 0 Å². The number of halogens is 2. The van der Waals surface area contributed by atoms with E-state index in [1.54, 1.807) is 24.4 Å². The van der Waals surface area contributed by atoms with E-state index in [2.05, 4.69) is 10.3 Å². The number of nitrogens with one attached hydrogen (secondary N) is 2. The third-order valence-electron chi connectivity index (χ3n) is 2.27. The number of aromatic nitrogens is 1. The Balaban J connectivity index is 2.18. The van der Waals surface area contributed by atoms with Gasteiger partial charge in [-0.15, -0.1) is 0 Å². The van der Waals surface area contributed by atoms with Crippen LogP contribution in [0.5, 0.6) is 0 Å². The maximum absolute atomic E-state index is 11.8. The van der Waals surface area contributed by atoms with Crippen LogP contribution in [0.25, 0.3) is 0 Å². The first-order valence-corrected chi connectivity index (χ1v) is 5.73. The molecule has 88 valence electrons. The first kappa shape index (κ1) is 12.0. The van der Waals surface area contributed by atoms with E-state index in [-0.39, 0.29) is 5.91 Å². The molecule has 3 nitrogen and oxygen atoms in total. The number of aromatic amines is 1. The van der Waals surface area contributed by atoms with Gasteiger partial charge in [-0.2, -0.15) is 0 Å². The predicted molar refractivity (Wildman–Crippen MR) is 69.9 cm³/mol. The Hall–Kier alpha value is -1.45. The average molecular weight is 269 g/mol. The van der Waals surface area contributed by atoms with Crippen molar-refractivity contribution in [3.05, 3.63) is 51.8 Å². The maximum Gasteiger partial charge on any atom is 0.272 e. The van der Waals surface area contributed by atoms with Crippen LogP contribution in [0.3, 0.4) is 0 Å². The van der Waals surface area contributed by atoms with Crippen LogP contribution in [-0.2, 0) is 0 Å². The van der Waals surface area contributed by atoms with Crippen molar-refractivity contribution >= 4 is 34.8 Å². The lowest BCUT2D eigenvalue weighted by Gasteiger charge is -2.06. The molecule has 1 aromatic heterocycles. The number of aryl methyl sites for hydroxylation is 1. The summed E-state index contributed by atoms with van der Waals surface area (Å²) in [5, 5.41) is 3.71. The summed E-state index contributed by atoms with van der Waals surface area (Å²) in [6, 6.07) is 6.99. The standard InChI is InChI=1S/C12H10Cl2N2O/c1-7-2-3-10(9(14)4-7)16-12(17)11-5-8(13)6-15-11/h2-6,15H,1H3,(H,16,17). The van der Waals surface area contributed by atoms with Crippen LogP contribution in [0.2, 0.25) is 10.0 Å². The maximum atomic E-state index is 11.8. The van der Waals surface area contributed by atoms with Gasteiger partial charge in [-0.25, -0.2) is 0 Å². The topological polar surface area (TPSA) is 44.9 Å². The molecule has 2 N–H and O–H groups in total. The van der Waals surface area contributed by atoms with Crippen molar-refractivity contribution in [3.8, 4) is 0 Å². The van der Waals surface area contributed by atoms with Crippen molar-refractivity contribution in [3.63, 3.8) is 0 Å². The number of anilines is 1. The largest absolute Gasteiger partial charge is 0.356 e. The monoisotopic (exact) mass is 268 g/mol. The number of amides is 1. The van der Waals surface area contributed by atoms with Gasteiger partial charge in [0.15, 0.2) is 0 Å². The fourth-order valence-corrected chi connectivity index (χ4v) is 1.86. The summed E-state index contributed by atoms with van der Waals surface area (Å²) in [5.41, 5.74) is 2.01. The molecular weight excluding hydrogens is 259 g/mol. The van der Waals surface area contributed by atoms with Crippen LogP contribution < -0.4 is 5.32 Å². The highest BCUT2D eigenvalue weighted by Gasteiger charge is 2.10. The van der Waals surface area contributed by atoms with Crippen LogP contribution in [0.15, 0.2) is 30.5 Å². The number of rotatable bonds is 2. The molecule has 5 heteroatoms. The molecular formula is C12H10Cl2N2O. The van der Waals surface area contributed by atoms with E-state index in [0.29, 0.717) is 21.4 Å². The van der Waals surface area contributed by atoms with Gasteiger partial charge < -0.3 is 10.3 Å². The molecule has 17 heavy (non-hydrogen) atoms. The van der Waals surface area contributed by atoms with Gasteiger partial charge >= 0.3 is 0 Å². The molecule has 0 radical (unpaired) electrons. The number of benzene rings is 1. The van der Waals surface area contributed by atoms with Gasteiger partial charge in [0.1, 0.15) is 5.69 Å². The van der Waals surface area contributed by atoms with Gasteiger partial charge in [0.25, 0.3) is 5.91 Å². The van der Waals surface area contributed by atoms with Gasteiger partial charge in [-0.3, -0.25) is 4.79 Å². The first-order chi connectivity index (χ1) is 8.06. The molecule has 1 aromatic carbocycles. The Labute approximate surface area is 109 Å². The zero-order chi connectivity index (χ0) is 12.4. The smallest absolute Gasteiger partial charge is 0.272 e. The van der Waals surface area contributed by atoms with Crippen molar-refractivity contribution in [2.24, 2.45) is 0 Å². The molecule has 0 aliphatic carbocycles. The van der Waals surface area contributed by atoms with Crippen LogP contribution in [0, 0.1) is 6.92 Å². The van der Waals surface area contributed by atoms with E-state index in [4.69, 9.17) is 23.2 Å². The summed E-state index contributed by atoms with van der Waals surface area (Å²) in [4.78, 5) is 14.6. The second kappa shape index (κ2) is 4.82. The molecule has 0 saturated carbocycles. The molecule has 0 unspecified atom stereocenters. The summed E-state index contributed by atoms with van der Waals surface area (Å²) >= 11 is 11.7.